The molecular weight excluding hydrogens is 400 g/mol. The molecule has 7 heteroatoms. The Labute approximate surface area is 179 Å². The van der Waals surface area contributed by atoms with Crippen LogP contribution in [0.2, 0.25) is 0 Å². The number of carbonyl (C=O) groups is 1. The lowest BCUT2D eigenvalue weighted by Crippen LogP contribution is -2.38. The number of esters is 1. The van der Waals surface area contributed by atoms with Gasteiger partial charge in [0.1, 0.15) is 28.8 Å². The van der Waals surface area contributed by atoms with Gasteiger partial charge >= 0.3 is 5.97 Å². The average molecular weight is 424 g/mol. The van der Waals surface area contributed by atoms with Gasteiger partial charge in [0, 0.05) is 24.1 Å². The molecule has 1 aromatic heterocycles. The topological polar surface area (TPSA) is 95.2 Å². The first kappa shape index (κ1) is 21.1. The number of hydrogen-bond acceptors (Lipinski definition) is 7. The zero-order valence-corrected chi connectivity index (χ0v) is 17.7. The molecular formula is C24H24O7. The van der Waals surface area contributed by atoms with Crippen LogP contribution in [-0.4, -0.2) is 36.2 Å². The molecule has 0 aliphatic carbocycles. The van der Waals surface area contributed by atoms with Gasteiger partial charge in [-0.15, -0.1) is 0 Å². The summed E-state index contributed by atoms with van der Waals surface area (Å²) < 4.78 is 23.0. The number of hydrogen-bond donors (Lipinski definition) is 1. The summed E-state index contributed by atoms with van der Waals surface area (Å²) in [7, 11) is 1.48. The maximum absolute atomic E-state index is 12.9. The molecule has 0 bridgehead atoms. The summed E-state index contributed by atoms with van der Waals surface area (Å²) >= 11 is 0. The van der Waals surface area contributed by atoms with Crippen LogP contribution in [0.25, 0.3) is 22.3 Å². The second-order valence-electron chi connectivity index (χ2n) is 8.07. The Kier molecular flexibility index (Phi) is 5.33. The van der Waals surface area contributed by atoms with Crippen LogP contribution in [0.5, 0.6) is 5.75 Å². The van der Waals surface area contributed by atoms with E-state index in [1.54, 1.807) is 26.0 Å². The van der Waals surface area contributed by atoms with Gasteiger partial charge in [0.2, 0.25) is 0 Å². The second kappa shape index (κ2) is 7.83. The van der Waals surface area contributed by atoms with Gasteiger partial charge in [-0.2, -0.15) is 0 Å². The number of benzene rings is 2. The monoisotopic (exact) mass is 424 g/mol. The number of aliphatic hydroxyl groups is 1. The van der Waals surface area contributed by atoms with Crippen molar-refractivity contribution in [3.8, 4) is 17.1 Å². The van der Waals surface area contributed by atoms with Crippen molar-refractivity contribution in [2.24, 2.45) is 0 Å². The number of ether oxygens (including phenoxy) is 3. The van der Waals surface area contributed by atoms with Crippen molar-refractivity contribution in [1.82, 2.24) is 0 Å². The highest BCUT2D eigenvalue weighted by Crippen LogP contribution is 2.47. The van der Waals surface area contributed by atoms with E-state index in [2.05, 4.69) is 0 Å². The van der Waals surface area contributed by atoms with E-state index in [0.717, 1.165) is 5.56 Å². The van der Waals surface area contributed by atoms with E-state index in [-0.39, 0.29) is 11.0 Å². The molecule has 0 saturated carbocycles. The third-order valence-corrected chi connectivity index (χ3v) is 5.54. The predicted octanol–water partition coefficient (Wildman–Crippen LogP) is 3.61. The molecule has 0 unspecified atom stereocenters. The Morgan fingerprint density at radius 2 is 1.84 bits per heavy atom. The molecule has 1 fully saturated rings. The minimum atomic E-state index is -1.30. The fraction of sp³-hybridized carbons (Fsp3) is 0.333. The number of methoxy groups -OCH3 is 1. The molecule has 162 valence electrons. The number of aliphatic hydroxyl groups excluding tert-OH is 1. The van der Waals surface area contributed by atoms with Crippen molar-refractivity contribution in [3.63, 3.8) is 0 Å². The number of carbonyl (C=O) groups excluding carboxylic acids is 1. The Bertz CT molecular complexity index is 1180. The predicted molar refractivity (Wildman–Crippen MR) is 114 cm³/mol. The molecule has 31 heavy (non-hydrogen) atoms. The molecule has 3 atom stereocenters. The Morgan fingerprint density at radius 3 is 2.48 bits per heavy atom. The van der Waals surface area contributed by atoms with Gasteiger partial charge in [0.15, 0.2) is 11.7 Å². The van der Waals surface area contributed by atoms with Crippen molar-refractivity contribution < 1.29 is 28.5 Å². The highest BCUT2D eigenvalue weighted by molar-refractivity contribution is 5.85. The van der Waals surface area contributed by atoms with E-state index < -0.39 is 29.9 Å². The normalized spacial score (nSPS) is 22.4. The van der Waals surface area contributed by atoms with Crippen molar-refractivity contribution in [2.75, 3.05) is 7.11 Å². The van der Waals surface area contributed by atoms with Crippen LogP contribution < -0.4 is 10.2 Å². The summed E-state index contributed by atoms with van der Waals surface area (Å²) in [6.07, 6.45) is -2.13. The number of rotatable bonds is 4. The third-order valence-electron chi connectivity index (χ3n) is 5.54. The van der Waals surface area contributed by atoms with E-state index in [4.69, 9.17) is 18.6 Å². The lowest BCUT2D eigenvalue weighted by Gasteiger charge is -2.28. The van der Waals surface area contributed by atoms with Gasteiger partial charge in [-0.1, -0.05) is 30.3 Å². The Balaban J connectivity index is 2.01. The molecule has 4 rings (SSSR count). The molecule has 0 radical (unpaired) electrons. The highest BCUT2D eigenvalue weighted by atomic mass is 16.7. The van der Waals surface area contributed by atoms with Crippen LogP contribution in [0, 0.1) is 0 Å². The molecule has 1 aliphatic rings. The fourth-order valence-corrected chi connectivity index (χ4v) is 4.18. The van der Waals surface area contributed by atoms with Crippen LogP contribution >= 0.6 is 0 Å². The Morgan fingerprint density at radius 1 is 1.13 bits per heavy atom. The van der Waals surface area contributed by atoms with Gasteiger partial charge in [0.25, 0.3) is 0 Å². The summed E-state index contributed by atoms with van der Waals surface area (Å²) in [5.74, 6) is -0.564. The van der Waals surface area contributed by atoms with Gasteiger partial charge in [-0.3, -0.25) is 9.59 Å². The van der Waals surface area contributed by atoms with Gasteiger partial charge in [-0.25, -0.2) is 0 Å². The molecule has 7 nitrogen and oxygen atoms in total. The summed E-state index contributed by atoms with van der Waals surface area (Å²) in [5.41, 5.74) is 0.198. The van der Waals surface area contributed by atoms with Crippen molar-refractivity contribution in [1.29, 1.82) is 0 Å². The first-order valence-corrected chi connectivity index (χ1v) is 9.96. The van der Waals surface area contributed by atoms with E-state index in [1.807, 2.05) is 30.3 Å². The molecule has 1 saturated heterocycles. The second-order valence-corrected chi connectivity index (χ2v) is 8.07. The van der Waals surface area contributed by atoms with Gasteiger partial charge < -0.3 is 23.7 Å². The summed E-state index contributed by atoms with van der Waals surface area (Å²) in [5, 5.41) is 11.1. The van der Waals surface area contributed by atoms with E-state index >= 15 is 0 Å². The van der Waals surface area contributed by atoms with E-state index in [9.17, 15) is 14.7 Å². The maximum Gasteiger partial charge on any atom is 0.303 e. The van der Waals surface area contributed by atoms with Crippen molar-refractivity contribution in [2.45, 2.75) is 44.7 Å². The van der Waals surface area contributed by atoms with Crippen molar-refractivity contribution >= 4 is 16.9 Å². The fourth-order valence-electron chi connectivity index (χ4n) is 4.18. The van der Waals surface area contributed by atoms with Gasteiger partial charge in [-0.05, 0) is 26.0 Å². The first-order valence-electron chi connectivity index (χ1n) is 9.96. The van der Waals surface area contributed by atoms with E-state index in [1.165, 1.54) is 20.1 Å². The third kappa shape index (κ3) is 3.71. The quantitative estimate of drug-likeness (QED) is 0.639. The minimum absolute atomic E-state index is 0.235. The zero-order chi connectivity index (χ0) is 22.3. The van der Waals surface area contributed by atoms with Crippen LogP contribution in [0.3, 0.4) is 0 Å². The maximum atomic E-state index is 12.9. The molecule has 3 aromatic rings. The van der Waals surface area contributed by atoms with Crippen LogP contribution in [0.15, 0.2) is 57.7 Å². The van der Waals surface area contributed by atoms with Crippen LogP contribution in [0.1, 0.15) is 32.3 Å². The molecule has 0 amide bonds. The smallest absolute Gasteiger partial charge is 0.303 e. The first-order chi connectivity index (χ1) is 14.7. The summed E-state index contributed by atoms with van der Waals surface area (Å²) in [6.45, 7) is 4.76. The lowest BCUT2D eigenvalue weighted by molar-refractivity contribution is -0.160. The van der Waals surface area contributed by atoms with Gasteiger partial charge in [0.05, 0.1) is 18.4 Å². The highest BCUT2D eigenvalue weighted by Gasteiger charge is 2.53. The minimum Gasteiger partial charge on any atom is -0.496 e. The standard InChI is InChI=1S/C24H24O7/c1-13(25)29-22-20(23(27)31-24(22,2)3)19-17(28-4)11-10-15-16(26)12-18(30-21(15)19)14-8-6-5-7-9-14/h5-12,20,22-23,27H,1-4H3/t20-,22+,23-/m1/s1. The molecule has 2 aromatic carbocycles. The molecule has 1 N–H and O–H groups in total. The molecule has 0 spiro atoms. The number of fused-ring (bicyclic) bond motifs is 1. The lowest BCUT2D eigenvalue weighted by atomic mass is 9.85. The molecule has 1 aliphatic heterocycles. The average Bonchev–Trinajstić information content (AvgIpc) is 2.94. The van der Waals surface area contributed by atoms with Crippen LogP contribution in [0.4, 0.5) is 0 Å². The largest absolute Gasteiger partial charge is 0.496 e. The van der Waals surface area contributed by atoms with Crippen LogP contribution in [-0.2, 0) is 14.3 Å². The Hall–Kier alpha value is -3.16. The SMILES string of the molecule is COc1ccc2c(=O)cc(-c3ccccc3)oc2c1[C@H]1[C@H](O)OC(C)(C)[C@H]1OC(C)=O. The summed E-state index contributed by atoms with van der Waals surface area (Å²) in [6, 6.07) is 13.9. The van der Waals surface area contributed by atoms with E-state index in [0.29, 0.717) is 22.5 Å². The molecule has 2 heterocycles. The summed E-state index contributed by atoms with van der Waals surface area (Å²) in [4.78, 5) is 24.7. The zero-order valence-electron chi connectivity index (χ0n) is 17.7. The van der Waals surface area contributed by atoms with Crippen molar-refractivity contribution in [3.05, 3.63) is 64.3 Å².